The number of nitrogens with zero attached hydrogens (tertiary/aromatic N) is 2. The molecule has 0 radical (unpaired) electrons. The summed E-state index contributed by atoms with van der Waals surface area (Å²) in [5, 5.41) is 6.43. The smallest absolute Gasteiger partial charge is 0.0940 e. The highest BCUT2D eigenvalue weighted by Crippen LogP contribution is 2.34. The molecule has 1 heterocycles. The van der Waals surface area contributed by atoms with Crippen molar-refractivity contribution in [1.82, 2.24) is 9.97 Å². The Hall–Kier alpha value is -1.84. The Morgan fingerprint density at radius 2 is 1.19 bits per heavy atom. The van der Waals surface area contributed by atoms with Gasteiger partial charge in [0.15, 0.2) is 0 Å². The molecule has 0 unspecified atom stereocenters. The van der Waals surface area contributed by atoms with Crippen LogP contribution in [0.2, 0.25) is 0 Å². The van der Waals surface area contributed by atoms with E-state index in [1.54, 1.807) is 12.4 Å². The molecular weight excluding hydrogens is 200 g/mol. The second-order valence-corrected chi connectivity index (χ2v) is 3.75. The lowest BCUT2D eigenvalue weighted by Crippen LogP contribution is -2.04. The standard InChI is InChI=1S/C12H16N4/c1-7-9(13-3)10(14-4)8(2)12-11(7)15-5-6-16-12/h5-6,13-14H,1-4H3. The lowest BCUT2D eigenvalue weighted by molar-refractivity contribution is 1.24. The van der Waals surface area contributed by atoms with E-state index in [0.29, 0.717) is 0 Å². The van der Waals surface area contributed by atoms with E-state index < -0.39 is 0 Å². The molecule has 84 valence electrons. The van der Waals surface area contributed by atoms with Crippen LogP contribution in [0.3, 0.4) is 0 Å². The highest BCUT2D eigenvalue weighted by Gasteiger charge is 2.14. The molecule has 0 atom stereocenters. The van der Waals surface area contributed by atoms with Crippen molar-refractivity contribution in [2.75, 3.05) is 24.7 Å². The predicted octanol–water partition coefficient (Wildman–Crippen LogP) is 2.33. The van der Waals surface area contributed by atoms with Gasteiger partial charge in [-0.1, -0.05) is 0 Å². The van der Waals surface area contributed by atoms with Crippen molar-refractivity contribution < 1.29 is 0 Å². The van der Waals surface area contributed by atoms with E-state index in [1.807, 2.05) is 14.1 Å². The second-order valence-electron chi connectivity index (χ2n) is 3.75. The number of nitrogens with one attached hydrogen (secondary N) is 2. The summed E-state index contributed by atoms with van der Waals surface area (Å²) >= 11 is 0. The minimum atomic E-state index is 0.961. The fourth-order valence-corrected chi connectivity index (χ4v) is 2.12. The maximum atomic E-state index is 4.40. The first-order valence-electron chi connectivity index (χ1n) is 5.30. The van der Waals surface area contributed by atoms with E-state index in [0.717, 1.165) is 33.5 Å². The summed E-state index contributed by atoms with van der Waals surface area (Å²) in [6.07, 6.45) is 3.46. The van der Waals surface area contributed by atoms with E-state index in [4.69, 9.17) is 0 Å². The normalized spacial score (nSPS) is 10.5. The van der Waals surface area contributed by atoms with Crippen molar-refractivity contribution >= 4 is 22.4 Å². The van der Waals surface area contributed by atoms with E-state index in [2.05, 4.69) is 34.4 Å². The van der Waals surface area contributed by atoms with Gasteiger partial charge in [-0.05, 0) is 13.8 Å². The zero-order valence-electron chi connectivity index (χ0n) is 10.0. The zero-order valence-corrected chi connectivity index (χ0v) is 10.0. The summed E-state index contributed by atoms with van der Waals surface area (Å²) in [6.45, 7) is 4.12. The van der Waals surface area contributed by atoms with Gasteiger partial charge in [0.1, 0.15) is 0 Å². The van der Waals surface area contributed by atoms with Crippen molar-refractivity contribution in [3.8, 4) is 0 Å². The predicted molar refractivity (Wildman–Crippen MR) is 68.1 cm³/mol. The Morgan fingerprint density at radius 1 is 0.812 bits per heavy atom. The molecule has 2 rings (SSSR count). The van der Waals surface area contributed by atoms with Crippen LogP contribution in [0, 0.1) is 13.8 Å². The number of aryl methyl sites for hydroxylation is 2. The van der Waals surface area contributed by atoms with E-state index in [9.17, 15) is 0 Å². The molecule has 0 fully saturated rings. The van der Waals surface area contributed by atoms with Gasteiger partial charge in [0.05, 0.1) is 22.4 Å². The number of anilines is 2. The van der Waals surface area contributed by atoms with Crippen LogP contribution in [-0.2, 0) is 0 Å². The minimum Gasteiger partial charge on any atom is -0.386 e. The van der Waals surface area contributed by atoms with E-state index in [-0.39, 0.29) is 0 Å². The van der Waals surface area contributed by atoms with Gasteiger partial charge in [-0.15, -0.1) is 0 Å². The first-order chi connectivity index (χ1) is 7.70. The van der Waals surface area contributed by atoms with Crippen LogP contribution in [0.25, 0.3) is 11.0 Å². The Balaban J connectivity index is 2.93. The summed E-state index contributed by atoms with van der Waals surface area (Å²) in [7, 11) is 3.84. The molecule has 1 aromatic carbocycles. The molecule has 0 aliphatic carbocycles. The van der Waals surface area contributed by atoms with Gasteiger partial charge in [0.25, 0.3) is 0 Å². The molecule has 0 amide bonds. The maximum Gasteiger partial charge on any atom is 0.0940 e. The molecule has 0 saturated carbocycles. The van der Waals surface area contributed by atoms with Crippen LogP contribution in [0.4, 0.5) is 11.4 Å². The molecule has 1 aromatic heterocycles. The molecule has 0 spiro atoms. The van der Waals surface area contributed by atoms with Gasteiger partial charge in [-0.3, -0.25) is 9.97 Å². The number of benzene rings is 1. The lowest BCUT2D eigenvalue weighted by atomic mass is 10.0. The minimum absolute atomic E-state index is 0.961. The summed E-state index contributed by atoms with van der Waals surface area (Å²) < 4.78 is 0. The van der Waals surface area contributed by atoms with Crippen LogP contribution >= 0.6 is 0 Å². The quantitative estimate of drug-likeness (QED) is 0.809. The van der Waals surface area contributed by atoms with Gasteiger partial charge in [0, 0.05) is 37.6 Å². The summed E-state index contributed by atoms with van der Waals surface area (Å²) in [5.74, 6) is 0. The molecule has 0 aliphatic rings. The average Bonchev–Trinajstić information content (AvgIpc) is 2.33. The first kappa shape index (κ1) is 10.7. The van der Waals surface area contributed by atoms with Gasteiger partial charge in [-0.25, -0.2) is 0 Å². The topological polar surface area (TPSA) is 49.8 Å². The number of fused-ring (bicyclic) bond motifs is 1. The van der Waals surface area contributed by atoms with Crippen LogP contribution in [0.5, 0.6) is 0 Å². The van der Waals surface area contributed by atoms with Crippen molar-refractivity contribution in [3.05, 3.63) is 23.5 Å². The first-order valence-corrected chi connectivity index (χ1v) is 5.30. The number of aromatic nitrogens is 2. The lowest BCUT2D eigenvalue weighted by Gasteiger charge is -2.16. The third-order valence-electron chi connectivity index (χ3n) is 2.91. The SMILES string of the molecule is CNc1c(NC)c(C)c2nccnc2c1C. The fourth-order valence-electron chi connectivity index (χ4n) is 2.12. The number of hydrogen-bond donors (Lipinski definition) is 2. The molecule has 16 heavy (non-hydrogen) atoms. The summed E-state index contributed by atoms with van der Waals surface area (Å²) in [5.41, 5.74) is 6.36. The van der Waals surface area contributed by atoms with Gasteiger partial charge < -0.3 is 10.6 Å². The third-order valence-corrected chi connectivity index (χ3v) is 2.91. The van der Waals surface area contributed by atoms with Crippen LogP contribution in [0.1, 0.15) is 11.1 Å². The Kier molecular flexibility index (Phi) is 2.64. The monoisotopic (exact) mass is 216 g/mol. The van der Waals surface area contributed by atoms with Crippen LogP contribution in [0.15, 0.2) is 12.4 Å². The maximum absolute atomic E-state index is 4.40. The van der Waals surface area contributed by atoms with Gasteiger partial charge in [-0.2, -0.15) is 0 Å². The summed E-state index contributed by atoms with van der Waals surface area (Å²) in [6, 6.07) is 0. The number of hydrogen-bond acceptors (Lipinski definition) is 4. The van der Waals surface area contributed by atoms with Crippen molar-refractivity contribution in [2.45, 2.75) is 13.8 Å². The largest absolute Gasteiger partial charge is 0.386 e. The molecule has 0 aliphatic heterocycles. The Morgan fingerprint density at radius 3 is 1.50 bits per heavy atom. The Labute approximate surface area is 95.1 Å². The fraction of sp³-hybridized carbons (Fsp3) is 0.333. The van der Waals surface area contributed by atoms with Crippen LogP contribution in [-0.4, -0.2) is 24.1 Å². The number of rotatable bonds is 2. The molecule has 0 bridgehead atoms. The van der Waals surface area contributed by atoms with Gasteiger partial charge in [0.2, 0.25) is 0 Å². The molecule has 2 N–H and O–H groups in total. The summed E-state index contributed by atoms with van der Waals surface area (Å²) in [4.78, 5) is 8.79. The molecule has 4 nitrogen and oxygen atoms in total. The zero-order chi connectivity index (χ0) is 11.7. The third kappa shape index (κ3) is 1.38. The van der Waals surface area contributed by atoms with E-state index >= 15 is 0 Å². The van der Waals surface area contributed by atoms with Crippen LogP contribution < -0.4 is 10.6 Å². The van der Waals surface area contributed by atoms with Crippen molar-refractivity contribution in [2.24, 2.45) is 0 Å². The molecular formula is C12H16N4. The molecule has 0 saturated heterocycles. The molecule has 4 heteroatoms. The highest BCUT2D eigenvalue weighted by molar-refractivity contribution is 5.95. The second kappa shape index (κ2) is 3.96. The van der Waals surface area contributed by atoms with Crippen molar-refractivity contribution in [3.63, 3.8) is 0 Å². The highest BCUT2D eigenvalue weighted by atomic mass is 14.9. The van der Waals surface area contributed by atoms with Crippen molar-refractivity contribution in [1.29, 1.82) is 0 Å². The molecule has 2 aromatic rings. The van der Waals surface area contributed by atoms with Gasteiger partial charge >= 0.3 is 0 Å². The van der Waals surface area contributed by atoms with E-state index in [1.165, 1.54) is 0 Å². The average molecular weight is 216 g/mol. The Bertz CT molecular complexity index is 486.